The third kappa shape index (κ3) is 2.91. The number of nitrogens with one attached hydrogen (secondary N) is 1. The molecule has 0 unspecified atom stereocenters. The van der Waals surface area contributed by atoms with Crippen molar-refractivity contribution >= 4 is 55.4 Å². The third-order valence-electron chi connectivity index (χ3n) is 2.85. The Morgan fingerprint density at radius 3 is 2.95 bits per heavy atom. The number of imidazole rings is 1. The number of hydrogen-bond donors (Lipinski definition) is 1. The fraction of sp³-hybridized carbons (Fsp3) is 0.154. The van der Waals surface area contributed by atoms with Crippen molar-refractivity contribution in [3.05, 3.63) is 43.9 Å². The van der Waals surface area contributed by atoms with Gasteiger partial charge in [0.1, 0.15) is 11.4 Å². The Morgan fingerprint density at radius 1 is 1.38 bits per heavy atom. The molecule has 1 aromatic carbocycles. The van der Waals surface area contributed by atoms with Gasteiger partial charge in [-0.1, -0.05) is 23.2 Å². The molecule has 2 heterocycles. The van der Waals surface area contributed by atoms with Gasteiger partial charge >= 0.3 is 0 Å². The lowest BCUT2D eigenvalue weighted by Crippen LogP contribution is -2.08. The summed E-state index contributed by atoms with van der Waals surface area (Å²) in [6, 6.07) is 3.37. The van der Waals surface area contributed by atoms with E-state index in [1.165, 1.54) is 0 Å². The Kier molecular flexibility index (Phi) is 4.42. The van der Waals surface area contributed by atoms with Crippen LogP contribution in [0, 0.1) is 0 Å². The van der Waals surface area contributed by atoms with Crippen molar-refractivity contribution in [3.63, 3.8) is 0 Å². The van der Waals surface area contributed by atoms with E-state index in [4.69, 9.17) is 27.9 Å². The van der Waals surface area contributed by atoms with E-state index < -0.39 is 0 Å². The van der Waals surface area contributed by atoms with Crippen molar-refractivity contribution < 1.29 is 4.74 Å². The van der Waals surface area contributed by atoms with Crippen LogP contribution in [0.25, 0.3) is 4.96 Å². The van der Waals surface area contributed by atoms with Crippen LogP contribution in [-0.2, 0) is 6.54 Å². The lowest BCUT2D eigenvalue weighted by molar-refractivity contribution is 0.457. The maximum absolute atomic E-state index is 6.19. The minimum Gasteiger partial charge on any atom is -0.436 e. The maximum atomic E-state index is 6.19. The van der Waals surface area contributed by atoms with E-state index in [1.54, 1.807) is 23.5 Å². The molecule has 21 heavy (non-hydrogen) atoms. The number of hydrogen-bond acceptors (Lipinski definition) is 4. The zero-order chi connectivity index (χ0) is 15.0. The largest absolute Gasteiger partial charge is 0.436 e. The van der Waals surface area contributed by atoms with Crippen molar-refractivity contribution in [3.8, 4) is 11.6 Å². The molecule has 0 spiro atoms. The normalized spacial score (nSPS) is 11.2. The second-order valence-electron chi connectivity index (χ2n) is 4.25. The average molecular weight is 407 g/mol. The van der Waals surface area contributed by atoms with Crippen LogP contribution in [0.5, 0.6) is 11.6 Å². The molecular weight excluding hydrogens is 397 g/mol. The Bertz CT molecular complexity index is 802. The fourth-order valence-corrected chi connectivity index (χ4v) is 3.46. The molecule has 0 saturated carbocycles. The quantitative estimate of drug-likeness (QED) is 0.621. The zero-order valence-corrected chi connectivity index (χ0v) is 14.8. The van der Waals surface area contributed by atoms with Crippen molar-refractivity contribution in [1.82, 2.24) is 14.7 Å². The SMILES string of the molecule is CNCc1c(Oc2cc(Cl)c(Br)cc2Cl)nc2sccn12. The molecule has 0 atom stereocenters. The van der Waals surface area contributed by atoms with Crippen LogP contribution in [0.15, 0.2) is 28.2 Å². The van der Waals surface area contributed by atoms with Gasteiger partial charge in [0, 0.05) is 28.7 Å². The highest BCUT2D eigenvalue weighted by Gasteiger charge is 2.16. The van der Waals surface area contributed by atoms with Gasteiger partial charge in [-0.15, -0.1) is 11.3 Å². The summed E-state index contributed by atoms with van der Waals surface area (Å²) in [6.07, 6.45) is 1.96. The van der Waals surface area contributed by atoms with Crippen molar-refractivity contribution in [1.29, 1.82) is 0 Å². The summed E-state index contributed by atoms with van der Waals surface area (Å²) in [6.45, 7) is 0.634. The minimum absolute atomic E-state index is 0.470. The number of aromatic nitrogens is 2. The van der Waals surface area contributed by atoms with Gasteiger partial charge in [0.15, 0.2) is 4.96 Å². The number of rotatable bonds is 4. The van der Waals surface area contributed by atoms with Gasteiger partial charge in [0.25, 0.3) is 0 Å². The van der Waals surface area contributed by atoms with E-state index in [0.29, 0.717) is 28.2 Å². The molecule has 0 aliphatic rings. The van der Waals surface area contributed by atoms with Crippen LogP contribution in [0.2, 0.25) is 10.0 Å². The summed E-state index contributed by atoms with van der Waals surface area (Å²) in [5.74, 6) is 1.00. The summed E-state index contributed by atoms with van der Waals surface area (Å²) in [4.78, 5) is 5.36. The topological polar surface area (TPSA) is 38.6 Å². The van der Waals surface area contributed by atoms with Crippen LogP contribution >= 0.6 is 50.5 Å². The minimum atomic E-state index is 0.470. The van der Waals surface area contributed by atoms with Gasteiger partial charge in [-0.3, -0.25) is 4.40 Å². The second-order valence-corrected chi connectivity index (χ2v) is 6.79. The number of nitrogens with zero attached hydrogens (tertiary/aromatic N) is 2. The molecule has 4 nitrogen and oxygen atoms in total. The monoisotopic (exact) mass is 405 g/mol. The molecule has 1 N–H and O–H groups in total. The van der Waals surface area contributed by atoms with Crippen molar-refractivity contribution in [2.75, 3.05) is 7.05 Å². The molecule has 0 amide bonds. The summed E-state index contributed by atoms with van der Waals surface area (Å²) in [7, 11) is 1.87. The van der Waals surface area contributed by atoms with Crippen molar-refractivity contribution in [2.45, 2.75) is 6.54 Å². The molecule has 0 aliphatic heterocycles. The lowest BCUT2D eigenvalue weighted by atomic mass is 10.3. The molecule has 3 aromatic rings. The smallest absolute Gasteiger partial charge is 0.243 e. The number of fused-ring (bicyclic) bond motifs is 1. The van der Waals surface area contributed by atoms with E-state index in [1.807, 2.05) is 23.0 Å². The number of thiazole rings is 1. The first-order chi connectivity index (χ1) is 10.1. The lowest BCUT2D eigenvalue weighted by Gasteiger charge is -2.09. The number of ether oxygens (including phenoxy) is 1. The number of benzene rings is 1. The van der Waals surface area contributed by atoms with E-state index in [0.717, 1.165) is 15.1 Å². The molecule has 8 heteroatoms. The van der Waals surface area contributed by atoms with Gasteiger partial charge in [0.05, 0.1) is 10.0 Å². The Labute approximate surface area is 143 Å². The Balaban J connectivity index is 2.03. The highest BCUT2D eigenvalue weighted by Crippen LogP contribution is 2.37. The molecule has 3 rings (SSSR count). The Hall–Kier alpha value is -0.790. The highest BCUT2D eigenvalue weighted by molar-refractivity contribution is 9.10. The molecule has 0 bridgehead atoms. The van der Waals surface area contributed by atoms with Gasteiger partial charge in [0.2, 0.25) is 5.88 Å². The third-order valence-corrected chi connectivity index (χ3v) is 5.10. The summed E-state index contributed by atoms with van der Waals surface area (Å²) >= 11 is 17.2. The summed E-state index contributed by atoms with van der Waals surface area (Å²) in [5.41, 5.74) is 0.934. The fourth-order valence-electron chi connectivity index (χ4n) is 1.91. The first-order valence-electron chi connectivity index (χ1n) is 6.01. The average Bonchev–Trinajstić information content (AvgIpc) is 3.00. The van der Waals surface area contributed by atoms with E-state index in [9.17, 15) is 0 Å². The van der Waals surface area contributed by atoms with Crippen LogP contribution in [-0.4, -0.2) is 16.4 Å². The molecule has 0 fully saturated rings. The molecule has 0 aliphatic carbocycles. The standard InChI is InChI=1S/C13H10BrCl2N3OS/c1-17-6-10-12(18-13-19(10)2-3-21-13)20-11-5-8(15)7(14)4-9(11)16/h2-5,17H,6H2,1H3. The van der Waals surface area contributed by atoms with Crippen molar-refractivity contribution in [2.24, 2.45) is 0 Å². The zero-order valence-electron chi connectivity index (χ0n) is 10.9. The van der Waals surface area contributed by atoms with E-state index >= 15 is 0 Å². The van der Waals surface area contributed by atoms with E-state index in [-0.39, 0.29) is 0 Å². The van der Waals surface area contributed by atoms with Gasteiger partial charge in [-0.05, 0) is 29.0 Å². The van der Waals surface area contributed by atoms with Gasteiger partial charge in [-0.25, -0.2) is 0 Å². The predicted molar refractivity (Wildman–Crippen MR) is 90.1 cm³/mol. The first kappa shape index (κ1) is 15.1. The molecule has 110 valence electrons. The first-order valence-corrected chi connectivity index (χ1v) is 8.44. The number of halogens is 3. The Morgan fingerprint density at radius 2 is 2.19 bits per heavy atom. The van der Waals surface area contributed by atoms with Gasteiger partial charge in [-0.2, -0.15) is 4.98 Å². The van der Waals surface area contributed by atoms with Gasteiger partial charge < -0.3 is 10.1 Å². The molecular formula is C13H10BrCl2N3OS. The predicted octanol–water partition coefficient (Wildman–Crippen LogP) is 4.98. The van der Waals surface area contributed by atoms with E-state index in [2.05, 4.69) is 26.2 Å². The summed E-state index contributed by atoms with van der Waals surface area (Å²) < 4.78 is 8.59. The van der Waals surface area contributed by atoms with Crippen LogP contribution in [0.1, 0.15) is 5.69 Å². The maximum Gasteiger partial charge on any atom is 0.243 e. The second kappa shape index (κ2) is 6.14. The molecule has 0 saturated heterocycles. The molecule has 0 radical (unpaired) electrons. The molecule has 2 aromatic heterocycles. The highest BCUT2D eigenvalue weighted by atomic mass is 79.9. The summed E-state index contributed by atoms with van der Waals surface area (Å²) in [5, 5.41) is 6.09. The van der Waals surface area contributed by atoms with Crippen LogP contribution in [0.3, 0.4) is 0 Å². The van der Waals surface area contributed by atoms with Crippen LogP contribution in [0.4, 0.5) is 0 Å². The van der Waals surface area contributed by atoms with Crippen LogP contribution < -0.4 is 10.1 Å².